The Kier molecular flexibility index (Phi) is 5.86. The van der Waals surface area contributed by atoms with Crippen LogP contribution in [-0.4, -0.2) is 51.6 Å². The van der Waals surface area contributed by atoms with Gasteiger partial charge >= 0.3 is 0 Å². The number of aromatic nitrogens is 1. The van der Waals surface area contributed by atoms with Gasteiger partial charge in [0.15, 0.2) is 0 Å². The van der Waals surface area contributed by atoms with Crippen LogP contribution in [0.2, 0.25) is 0 Å². The van der Waals surface area contributed by atoms with E-state index in [1.54, 1.807) is 17.5 Å². The van der Waals surface area contributed by atoms with E-state index < -0.39 is 6.04 Å². The Bertz CT molecular complexity index is 778. The summed E-state index contributed by atoms with van der Waals surface area (Å²) < 4.78 is 0. The van der Waals surface area contributed by atoms with Crippen molar-refractivity contribution in [3.8, 4) is 0 Å². The molecule has 6 nitrogen and oxygen atoms in total. The maximum Gasteiger partial charge on any atom is 0.245 e. The molecule has 3 aliphatic rings. The number of hydrogen-bond acceptors (Lipinski definition) is 5. The van der Waals surface area contributed by atoms with E-state index in [0.717, 1.165) is 17.8 Å². The molecule has 29 heavy (non-hydrogen) atoms. The van der Waals surface area contributed by atoms with Gasteiger partial charge in [-0.1, -0.05) is 26.0 Å². The number of thiazole rings is 1. The first-order valence-corrected chi connectivity index (χ1v) is 11.6. The standard InChI is InChI=1S/C22H29N3O3S/c1-14(2)12-18(25-20(26)16-7-3-4-8-17(16)21(25)27)22(28)24-10-5-6-15(13-24)19-23-9-11-29-19/h3-4,9,11,14-18H,5-8,10,12-13H2,1-2H3. The monoisotopic (exact) mass is 415 g/mol. The molecule has 3 heterocycles. The zero-order valence-corrected chi connectivity index (χ0v) is 17.9. The topological polar surface area (TPSA) is 70.6 Å². The fourth-order valence-corrected chi connectivity index (χ4v) is 5.69. The number of likely N-dealkylation sites (tertiary alicyclic amines) is 2. The summed E-state index contributed by atoms with van der Waals surface area (Å²) in [6, 6.07) is -0.685. The molecule has 0 saturated carbocycles. The van der Waals surface area contributed by atoms with Crippen LogP contribution in [0.5, 0.6) is 0 Å². The zero-order chi connectivity index (χ0) is 20.5. The first-order chi connectivity index (χ1) is 14.0. The lowest BCUT2D eigenvalue weighted by atomic mass is 9.85. The van der Waals surface area contributed by atoms with Crippen molar-refractivity contribution in [2.75, 3.05) is 13.1 Å². The van der Waals surface area contributed by atoms with Crippen molar-refractivity contribution in [2.45, 2.75) is 57.9 Å². The summed E-state index contributed by atoms with van der Waals surface area (Å²) >= 11 is 1.63. The van der Waals surface area contributed by atoms with Crippen molar-refractivity contribution >= 4 is 29.1 Å². The number of hydrogen-bond donors (Lipinski definition) is 0. The third-order valence-electron chi connectivity index (χ3n) is 6.37. The molecule has 2 fully saturated rings. The van der Waals surface area contributed by atoms with Crippen molar-refractivity contribution in [1.82, 2.24) is 14.8 Å². The number of fused-ring (bicyclic) bond motifs is 1. The molecule has 0 bridgehead atoms. The van der Waals surface area contributed by atoms with Gasteiger partial charge < -0.3 is 4.90 Å². The number of amides is 3. The fraction of sp³-hybridized carbons (Fsp3) is 0.636. The van der Waals surface area contributed by atoms with Crippen LogP contribution in [0.15, 0.2) is 23.7 Å². The number of rotatable bonds is 5. The van der Waals surface area contributed by atoms with E-state index in [4.69, 9.17) is 0 Å². The molecule has 0 radical (unpaired) electrons. The van der Waals surface area contributed by atoms with Gasteiger partial charge in [0.2, 0.25) is 17.7 Å². The first kappa shape index (κ1) is 20.3. The predicted molar refractivity (Wildman–Crippen MR) is 111 cm³/mol. The van der Waals surface area contributed by atoms with Crippen LogP contribution < -0.4 is 0 Å². The fourth-order valence-electron chi connectivity index (χ4n) is 4.92. The second kappa shape index (κ2) is 8.38. The van der Waals surface area contributed by atoms with Gasteiger partial charge in [-0.3, -0.25) is 19.3 Å². The molecule has 1 aromatic heterocycles. The van der Waals surface area contributed by atoms with Crippen LogP contribution in [0.1, 0.15) is 56.9 Å². The minimum atomic E-state index is -0.685. The third kappa shape index (κ3) is 3.89. The summed E-state index contributed by atoms with van der Waals surface area (Å²) in [6.07, 6.45) is 9.43. The molecular weight excluding hydrogens is 386 g/mol. The SMILES string of the molecule is CC(C)CC(C(=O)N1CCCC(c2nccs2)C1)N1C(=O)C2CC=CCC2C1=O. The Hall–Kier alpha value is -2.02. The second-order valence-electron chi connectivity index (χ2n) is 8.84. The molecule has 7 heteroatoms. The molecule has 4 unspecified atom stereocenters. The van der Waals surface area contributed by atoms with Gasteiger partial charge in [0.05, 0.1) is 16.8 Å². The zero-order valence-electron chi connectivity index (χ0n) is 17.1. The maximum atomic E-state index is 13.6. The second-order valence-corrected chi connectivity index (χ2v) is 9.77. The van der Waals surface area contributed by atoms with Gasteiger partial charge in [-0.2, -0.15) is 0 Å². The molecule has 156 valence electrons. The molecule has 1 aromatic rings. The molecule has 4 atom stereocenters. The molecule has 2 aliphatic heterocycles. The lowest BCUT2D eigenvalue weighted by Crippen LogP contribution is -2.53. The summed E-state index contributed by atoms with van der Waals surface area (Å²) in [7, 11) is 0. The minimum absolute atomic E-state index is 0.0757. The van der Waals surface area contributed by atoms with Crippen molar-refractivity contribution < 1.29 is 14.4 Å². The Morgan fingerprint density at radius 1 is 1.21 bits per heavy atom. The number of carbonyl (C=O) groups excluding carboxylic acids is 3. The van der Waals surface area contributed by atoms with Crippen LogP contribution in [0.25, 0.3) is 0 Å². The molecule has 1 aliphatic carbocycles. The van der Waals surface area contributed by atoms with E-state index in [1.807, 2.05) is 36.3 Å². The number of nitrogens with zero attached hydrogens (tertiary/aromatic N) is 3. The molecule has 4 rings (SSSR count). The summed E-state index contributed by atoms with van der Waals surface area (Å²) in [5.74, 6) is -0.519. The molecular formula is C22H29N3O3S. The lowest BCUT2D eigenvalue weighted by molar-refractivity contribution is -0.152. The Labute approximate surface area is 176 Å². The predicted octanol–water partition coefficient (Wildman–Crippen LogP) is 3.22. The lowest BCUT2D eigenvalue weighted by Gasteiger charge is -2.37. The number of imide groups is 1. The van der Waals surface area contributed by atoms with E-state index in [-0.39, 0.29) is 41.4 Å². The van der Waals surface area contributed by atoms with E-state index >= 15 is 0 Å². The van der Waals surface area contributed by atoms with Crippen LogP contribution in [0.3, 0.4) is 0 Å². The van der Waals surface area contributed by atoms with Crippen LogP contribution in [0, 0.1) is 17.8 Å². The third-order valence-corrected chi connectivity index (χ3v) is 7.30. The normalized spacial score (nSPS) is 28.2. The first-order valence-electron chi connectivity index (χ1n) is 10.7. The van der Waals surface area contributed by atoms with Gasteiger partial charge in [0.1, 0.15) is 6.04 Å². The van der Waals surface area contributed by atoms with E-state index in [2.05, 4.69) is 4.98 Å². The minimum Gasteiger partial charge on any atom is -0.340 e. The van der Waals surface area contributed by atoms with Gasteiger partial charge in [-0.25, -0.2) is 4.98 Å². The van der Waals surface area contributed by atoms with Crippen LogP contribution in [0.4, 0.5) is 0 Å². The number of piperidine rings is 1. The van der Waals surface area contributed by atoms with Gasteiger partial charge in [-0.15, -0.1) is 11.3 Å². The number of allylic oxidation sites excluding steroid dienone is 2. The quantitative estimate of drug-likeness (QED) is 0.547. The molecule has 2 saturated heterocycles. The van der Waals surface area contributed by atoms with E-state index in [0.29, 0.717) is 32.4 Å². The Balaban J connectivity index is 1.55. The van der Waals surface area contributed by atoms with Crippen LogP contribution in [-0.2, 0) is 14.4 Å². The summed E-state index contributed by atoms with van der Waals surface area (Å²) in [4.78, 5) is 47.4. The summed E-state index contributed by atoms with van der Waals surface area (Å²) in [6.45, 7) is 5.37. The van der Waals surface area contributed by atoms with Gasteiger partial charge in [0, 0.05) is 30.6 Å². The van der Waals surface area contributed by atoms with Gasteiger partial charge in [-0.05, 0) is 38.0 Å². The van der Waals surface area contributed by atoms with Crippen molar-refractivity contribution in [2.24, 2.45) is 17.8 Å². The summed E-state index contributed by atoms with van der Waals surface area (Å²) in [5, 5.41) is 3.03. The average molecular weight is 416 g/mol. The van der Waals surface area contributed by atoms with Crippen LogP contribution >= 0.6 is 11.3 Å². The Morgan fingerprint density at radius 2 is 1.90 bits per heavy atom. The Morgan fingerprint density at radius 3 is 2.48 bits per heavy atom. The van der Waals surface area contributed by atoms with E-state index in [1.165, 1.54) is 4.90 Å². The molecule has 0 spiro atoms. The highest BCUT2D eigenvalue weighted by Crippen LogP contribution is 2.38. The van der Waals surface area contributed by atoms with Crippen molar-refractivity contribution in [1.29, 1.82) is 0 Å². The number of carbonyl (C=O) groups is 3. The smallest absolute Gasteiger partial charge is 0.245 e. The highest BCUT2D eigenvalue weighted by molar-refractivity contribution is 7.09. The highest BCUT2D eigenvalue weighted by Gasteiger charge is 2.51. The van der Waals surface area contributed by atoms with E-state index in [9.17, 15) is 14.4 Å². The molecule has 0 aromatic carbocycles. The van der Waals surface area contributed by atoms with Gasteiger partial charge in [0.25, 0.3) is 0 Å². The van der Waals surface area contributed by atoms with Crippen molar-refractivity contribution in [3.05, 3.63) is 28.7 Å². The maximum absolute atomic E-state index is 13.6. The highest BCUT2D eigenvalue weighted by atomic mass is 32.1. The molecule has 3 amide bonds. The average Bonchev–Trinajstić information content (AvgIpc) is 3.34. The largest absolute Gasteiger partial charge is 0.340 e. The molecule has 0 N–H and O–H groups in total. The summed E-state index contributed by atoms with van der Waals surface area (Å²) in [5.41, 5.74) is 0. The van der Waals surface area contributed by atoms with Crippen molar-refractivity contribution in [3.63, 3.8) is 0 Å².